The average Bonchev–Trinajstić information content (AvgIpc) is 3.17. The lowest BCUT2D eigenvalue weighted by Crippen LogP contribution is -2.34. The number of rotatable bonds is 3. The summed E-state index contributed by atoms with van der Waals surface area (Å²) in [6.07, 6.45) is 2.01. The molecule has 1 unspecified atom stereocenters. The van der Waals surface area contributed by atoms with Gasteiger partial charge < -0.3 is 15.2 Å². The number of hydrogen-bond acceptors (Lipinski definition) is 3. The molecule has 1 aromatic rings. The van der Waals surface area contributed by atoms with Gasteiger partial charge in [-0.15, -0.1) is 0 Å². The summed E-state index contributed by atoms with van der Waals surface area (Å²) in [5, 5.41) is 0. The second-order valence-corrected chi connectivity index (χ2v) is 6.46. The molecule has 2 aliphatic rings. The van der Waals surface area contributed by atoms with Crippen molar-refractivity contribution in [3.8, 4) is 11.5 Å². The van der Waals surface area contributed by atoms with Crippen LogP contribution in [0.2, 0.25) is 0 Å². The molecule has 1 atom stereocenters. The zero-order valence-corrected chi connectivity index (χ0v) is 12.3. The second-order valence-electron chi connectivity index (χ2n) is 6.46. The minimum atomic E-state index is -1.42. The number of fused-ring (bicyclic) bond motifs is 1. The van der Waals surface area contributed by atoms with Crippen molar-refractivity contribution >= 4 is 0 Å². The molecule has 1 fully saturated rings. The Morgan fingerprint density at radius 1 is 1.20 bits per heavy atom. The van der Waals surface area contributed by atoms with Crippen molar-refractivity contribution in [2.45, 2.75) is 50.7 Å². The lowest BCUT2D eigenvalue weighted by Gasteiger charge is -2.30. The number of ether oxygens (including phenoxy) is 2. The van der Waals surface area contributed by atoms with E-state index in [9.17, 15) is 4.39 Å². The fourth-order valence-electron chi connectivity index (χ4n) is 3.10. The van der Waals surface area contributed by atoms with Crippen LogP contribution in [0.5, 0.6) is 11.5 Å². The number of benzene rings is 1. The van der Waals surface area contributed by atoms with Gasteiger partial charge in [-0.3, -0.25) is 0 Å². The Morgan fingerprint density at radius 3 is 2.20 bits per heavy atom. The molecule has 1 heterocycles. The van der Waals surface area contributed by atoms with Gasteiger partial charge in [-0.2, -0.15) is 0 Å². The first-order valence-electron chi connectivity index (χ1n) is 7.24. The van der Waals surface area contributed by atoms with Crippen molar-refractivity contribution in [2.24, 2.45) is 5.73 Å². The molecular formula is C16H22FNO2. The van der Waals surface area contributed by atoms with E-state index in [1.807, 2.05) is 13.0 Å². The fourth-order valence-corrected chi connectivity index (χ4v) is 3.10. The Bertz CT molecular complexity index is 530. The molecule has 20 heavy (non-hydrogen) atoms. The molecule has 0 spiro atoms. The summed E-state index contributed by atoms with van der Waals surface area (Å²) in [5.41, 5.74) is 6.30. The highest BCUT2D eigenvalue weighted by atomic mass is 19.1. The van der Waals surface area contributed by atoms with Gasteiger partial charge in [0.2, 0.25) is 0 Å². The minimum absolute atomic E-state index is 0.00570. The molecule has 4 heteroatoms. The van der Waals surface area contributed by atoms with Crippen LogP contribution in [0.4, 0.5) is 4.39 Å². The van der Waals surface area contributed by atoms with E-state index in [2.05, 4.69) is 0 Å². The van der Waals surface area contributed by atoms with Crippen LogP contribution in [0.3, 0.4) is 0 Å². The maximum atomic E-state index is 14.6. The van der Waals surface area contributed by atoms with E-state index >= 15 is 0 Å². The van der Waals surface area contributed by atoms with Gasteiger partial charge >= 0.3 is 0 Å². The molecule has 3 nitrogen and oxygen atoms in total. The van der Waals surface area contributed by atoms with E-state index < -0.39 is 5.67 Å². The van der Waals surface area contributed by atoms with E-state index in [1.165, 1.54) is 0 Å². The second kappa shape index (κ2) is 4.35. The van der Waals surface area contributed by atoms with Crippen LogP contribution in [0, 0.1) is 0 Å². The lowest BCUT2D eigenvalue weighted by molar-refractivity contribution is 0.168. The fraction of sp³-hybridized carbons (Fsp3) is 0.625. The quantitative estimate of drug-likeness (QED) is 0.925. The van der Waals surface area contributed by atoms with Crippen LogP contribution >= 0.6 is 0 Å². The monoisotopic (exact) mass is 279 g/mol. The molecule has 2 N–H and O–H groups in total. The normalized spacial score (nSPS) is 21.4. The third kappa shape index (κ3) is 2.06. The van der Waals surface area contributed by atoms with E-state index in [0.717, 1.165) is 18.4 Å². The average molecular weight is 279 g/mol. The molecule has 1 aliphatic carbocycles. The third-order valence-electron chi connectivity index (χ3n) is 4.52. The first kappa shape index (κ1) is 13.7. The summed E-state index contributed by atoms with van der Waals surface area (Å²) >= 11 is 0. The zero-order chi connectivity index (χ0) is 14.5. The van der Waals surface area contributed by atoms with Gasteiger partial charge in [0.05, 0.1) is 0 Å². The van der Waals surface area contributed by atoms with Crippen LogP contribution in [-0.4, -0.2) is 19.3 Å². The van der Waals surface area contributed by atoms with Gasteiger partial charge in [-0.05, 0) is 56.9 Å². The van der Waals surface area contributed by atoms with Crippen LogP contribution in [0.25, 0.3) is 0 Å². The predicted molar refractivity (Wildman–Crippen MR) is 76.1 cm³/mol. The van der Waals surface area contributed by atoms with E-state index in [4.69, 9.17) is 15.2 Å². The number of alkyl halides is 1. The smallest absolute Gasteiger partial charge is 0.161 e. The van der Waals surface area contributed by atoms with Gasteiger partial charge in [0, 0.05) is 11.5 Å². The van der Waals surface area contributed by atoms with Crippen molar-refractivity contribution in [1.82, 2.24) is 0 Å². The molecule has 1 aromatic carbocycles. The van der Waals surface area contributed by atoms with Gasteiger partial charge in [0.15, 0.2) is 11.5 Å². The summed E-state index contributed by atoms with van der Waals surface area (Å²) in [4.78, 5) is 0. The van der Waals surface area contributed by atoms with Crippen molar-refractivity contribution in [2.75, 3.05) is 13.2 Å². The molecule has 0 saturated heterocycles. The highest BCUT2D eigenvalue weighted by molar-refractivity contribution is 5.54. The highest BCUT2D eigenvalue weighted by Crippen LogP contribution is 2.55. The highest BCUT2D eigenvalue weighted by Gasteiger charge is 2.50. The summed E-state index contributed by atoms with van der Waals surface area (Å²) in [6.45, 7) is 6.21. The van der Waals surface area contributed by atoms with E-state index in [-0.39, 0.29) is 11.5 Å². The zero-order valence-electron chi connectivity index (χ0n) is 12.3. The SMILES string of the molecule is CC(N)C1(c2cc3c(cc2C(C)(C)F)OCCO3)CC1. The Kier molecular flexibility index (Phi) is 2.98. The molecule has 3 rings (SSSR count). The molecule has 0 bridgehead atoms. The molecule has 110 valence electrons. The van der Waals surface area contributed by atoms with Gasteiger partial charge in [-0.25, -0.2) is 4.39 Å². The van der Waals surface area contributed by atoms with Gasteiger partial charge in [0.1, 0.15) is 18.9 Å². The van der Waals surface area contributed by atoms with Crippen LogP contribution in [0.1, 0.15) is 44.7 Å². The molecule has 0 radical (unpaired) electrons. The molecule has 1 saturated carbocycles. The Balaban J connectivity index is 2.16. The maximum Gasteiger partial charge on any atom is 0.161 e. The minimum Gasteiger partial charge on any atom is -0.486 e. The van der Waals surface area contributed by atoms with Crippen molar-refractivity contribution in [3.63, 3.8) is 0 Å². The third-order valence-corrected chi connectivity index (χ3v) is 4.52. The standard InChI is InChI=1S/C16H22FNO2/c1-10(18)16(4-5-16)12-9-14-13(19-6-7-20-14)8-11(12)15(2,3)17/h8-10H,4-7,18H2,1-3H3. The van der Waals surface area contributed by atoms with Crippen molar-refractivity contribution in [3.05, 3.63) is 23.3 Å². The van der Waals surface area contributed by atoms with Gasteiger partial charge in [-0.1, -0.05) is 0 Å². The molecular weight excluding hydrogens is 257 g/mol. The summed E-state index contributed by atoms with van der Waals surface area (Å²) < 4.78 is 25.9. The summed E-state index contributed by atoms with van der Waals surface area (Å²) in [7, 11) is 0. The van der Waals surface area contributed by atoms with Crippen LogP contribution in [-0.2, 0) is 11.1 Å². The molecule has 1 aliphatic heterocycles. The van der Waals surface area contributed by atoms with Crippen LogP contribution < -0.4 is 15.2 Å². The van der Waals surface area contributed by atoms with Crippen molar-refractivity contribution < 1.29 is 13.9 Å². The lowest BCUT2D eigenvalue weighted by atomic mass is 9.81. The largest absolute Gasteiger partial charge is 0.486 e. The summed E-state index contributed by atoms with van der Waals surface area (Å²) in [6, 6.07) is 3.75. The topological polar surface area (TPSA) is 44.5 Å². The maximum absolute atomic E-state index is 14.6. The predicted octanol–water partition coefficient (Wildman–Crippen LogP) is 3.04. The molecule has 0 amide bonds. The number of hydrogen-bond donors (Lipinski definition) is 1. The van der Waals surface area contributed by atoms with Gasteiger partial charge in [0.25, 0.3) is 0 Å². The van der Waals surface area contributed by atoms with Crippen LogP contribution in [0.15, 0.2) is 12.1 Å². The Morgan fingerprint density at radius 2 is 1.75 bits per heavy atom. The Hall–Kier alpha value is -1.29. The Labute approximate surface area is 119 Å². The molecule has 0 aromatic heterocycles. The van der Waals surface area contributed by atoms with E-state index in [0.29, 0.717) is 30.3 Å². The first-order chi connectivity index (χ1) is 9.34. The van der Waals surface area contributed by atoms with E-state index in [1.54, 1.807) is 19.9 Å². The number of nitrogens with two attached hydrogens (primary N) is 1. The summed E-state index contributed by atoms with van der Waals surface area (Å²) in [5.74, 6) is 1.35. The van der Waals surface area contributed by atoms with Crippen molar-refractivity contribution in [1.29, 1.82) is 0 Å². The number of halogens is 1. The first-order valence-corrected chi connectivity index (χ1v) is 7.24.